The Bertz CT molecular complexity index is 884. The Hall–Kier alpha value is -2.82. The lowest BCUT2D eigenvalue weighted by molar-refractivity contribution is 0.434. The van der Waals surface area contributed by atoms with Crippen LogP contribution >= 0.6 is 0 Å². The van der Waals surface area contributed by atoms with Gasteiger partial charge in [-0.1, -0.05) is 13.8 Å². The monoisotopic (exact) mass is 312 g/mol. The van der Waals surface area contributed by atoms with Crippen LogP contribution in [0.25, 0.3) is 21.9 Å². The van der Waals surface area contributed by atoms with Crippen molar-refractivity contribution < 1.29 is 14.6 Å². The van der Waals surface area contributed by atoms with Crippen LogP contribution in [0.3, 0.4) is 0 Å². The second-order valence-corrected chi connectivity index (χ2v) is 5.87. The van der Waals surface area contributed by atoms with Crippen LogP contribution in [0.1, 0.15) is 25.3 Å². The lowest BCUT2D eigenvalue weighted by atomic mass is 9.95. The van der Waals surface area contributed by atoms with Crippen LogP contribution in [0, 0.1) is 5.82 Å². The van der Waals surface area contributed by atoms with Gasteiger partial charge in [-0.15, -0.1) is 0 Å². The molecule has 0 atom stereocenters. The predicted molar refractivity (Wildman–Crippen MR) is 89.0 cm³/mol. The number of pyridine rings is 1. The molecule has 0 aliphatic carbocycles. The number of nitrogens with two attached hydrogens (primary N) is 1. The average Bonchev–Trinajstić information content (AvgIpc) is 2.45. The first-order valence-corrected chi connectivity index (χ1v) is 7.28. The zero-order chi connectivity index (χ0) is 16.7. The maximum Gasteiger partial charge on any atom is 0.133 e. The van der Waals surface area contributed by atoms with Gasteiger partial charge < -0.3 is 15.9 Å². The predicted octanol–water partition coefficient (Wildman–Crippen LogP) is 4.16. The molecule has 5 heteroatoms. The smallest absolute Gasteiger partial charge is 0.133 e. The van der Waals surface area contributed by atoms with E-state index < -0.39 is 5.82 Å². The van der Waals surface area contributed by atoms with Crippen LogP contribution < -0.4 is 5.73 Å². The molecule has 3 aromatic rings. The van der Waals surface area contributed by atoms with E-state index in [1.54, 1.807) is 12.1 Å². The molecule has 0 saturated carbocycles. The minimum absolute atomic E-state index is 0.00949. The van der Waals surface area contributed by atoms with Crippen LogP contribution in [0.15, 0.2) is 36.5 Å². The van der Waals surface area contributed by atoms with E-state index in [9.17, 15) is 14.6 Å². The van der Waals surface area contributed by atoms with Crippen LogP contribution in [0.2, 0.25) is 0 Å². The molecule has 4 N–H and O–H groups in total. The lowest BCUT2D eigenvalue weighted by Gasteiger charge is -2.13. The average molecular weight is 312 g/mol. The standard InChI is InChI=1S/C18H17FN2O2/c1-9(2)18-15(22)5-11(6-16(18)23)10-3-12-7-17(20)21-8-13(12)14(19)4-10/h3-9,22-23H,1-2H3,(H2,20,21). The summed E-state index contributed by atoms with van der Waals surface area (Å²) in [6, 6.07) is 7.74. The summed E-state index contributed by atoms with van der Waals surface area (Å²) >= 11 is 0. The number of phenolic OH excluding ortho intramolecular Hbond substituents is 2. The summed E-state index contributed by atoms with van der Waals surface area (Å²) in [5.74, 6) is -0.176. The molecule has 0 aliphatic rings. The first-order chi connectivity index (χ1) is 10.9. The van der Waals surface area contributed by atoms with E-state index in [1.165, 1.54) is 24.4 Å². The molecule has 1 aromatic heterocycles. The number of hydrogen-bond acceptors (Lipinski definition) is 4. The van der Waals surface area contributed by atoms with Gasteiger partial charge in [-0.05, 0) is 52.8 Å². The number of rotatable bonds is 2. The number of anilines is 1. The Balaban J connectivity index is 2.21. The fourth-order valence-corrected chi connectivity index (χ4v) is 2.78. The van der Waals surface area contributed by atoms with Crippen LogP contribution in [0.4, 0.5) is 10.2 Å². The summed E-state index contributed by atoms with van der Waals surface area (Å²) in [7, 11) is 0. The van der Waals surface area contributed by atoms with Crippen LogP contribution in [-0.4, -0.2) is 15.2 Å². The van der Waals surface area contributed by atoms with Crippen molar-refractivity contribution in [2.45, 2.75) is 19.8 Å². The molecule has 0 amide bonds. The zero-order valence-electron chi connectivity index (χ0n) is 12.8. The molecule has 0 saturated heterocycles. The summed E-state index contributed by atoms with van der Waals surface area (Å²) in [6.45, 7) is 3.75. The number of fused-ring (bicyclic) bond motifs is 1. The highest BCUT2D eigenvalue weighted by molar-refractivity contribution is 5.89. The minimum atomic E-state index is -0.433. The highest BCUT2D eigenvalue weighted by Crippen LogP contribution is 2.39. The highest BCUT2D eigenvalue weighted by Gasteiger charge is 2.15. The summed E-state index contributed by atoms with van der Waals surface area (Å²) < 4.78 is 14.3. The van der Waals surface area contributed by atoms with E-state index in [-0.39, 0.29) is 17.4 Å². The molecule has 0 unspecified atom stereocenters. The lowest BCUT2D eigenvalue weighted by Crippen LogP contribution is -1.93. The quantitative estimate of drug-likeness (QED) is 0.664. The number of halogens is 1. The van der Waals surface area contributed by atoms with E-state index >= 15 is 0 Å². The minimum Gasteiger partial charge on any atom is -0.507 e. The summed E-state index contributed by atoms with van der Waals surface area (Å²) in [4.78, 5) is 3.89. The summed E-state index contributed by atoms with van der Waals surface area (Å²) in [5, 5.41) is 21.3. The molecule has 2 aromatic carbocycles. The van der Waals surface area contributed by atoms with Gasteiger partial charge in [0, 0.05) is 17.1 Å². The largest absolute Gasteiger partial charge is 0.507 e. The van der Waals surface area contributed by atoms with Crippen molar-refractivity contribution in [1.82, 2.24) is 4.98 Å². The van der Waals surface area contributed by atoms with E-state index in [1.807, 2.05) is 13.8 Å². The number of aromatic hydroxyl groups is 2. The van der Waals surface area contributed by atoms with Crippen molar-refractivity contribution >= 4 is 16.6 Å². The number of aromatic nitrogens is 1. The van der Waals surface area contributed by atoms with Gasteiger partial charge in [0.2, 0.25) is 0 Å². The summed E-state index contributed by atoms with van der Waals surface area (Å²) in [6.07, 6.45) is 1.39. The molecule has 1 heterocycles. The SMILES string of the molecule is CC(C)c1c(O)cc(-c2cc(F)c3cnc(N)cc3c2)cc1O. The zero-order valence-corrected chi connectivity index (χ0v) is 12.8. The van der Waals surface area contributed by atoms with E-state index in [0.717, 1.165) is 0 Å². The molecular formula is C18H17FN2O2. The molecule has 0 radical (unpaired) electrons. The maximum absolute atomic E-state index is 14.3. The first-order valence-electron chi connectivity index (χ1n) is 7.28. The third kappa shape index (κ3) is 2.65. The third-order valence-electron chi connectivity index (χ3n) is 3.85. The van der Waals surface area contributed by atoms with E-state index in [2.05, 4.69) is 4.98 Å². The number of nitrogen functional groups attached to an aromatic ring is 1. The maximum atomic E-state index is 14.3. The Morgan fingerprint density at radius 2 is 1.61 bits per heavy atom. The Morgan fingerprint density at radius 3 is 2.22 bits per heavy atom. The van der Waals surface area contributed by atoms with Crippen LogP contribution in [-0.2, 0) is 0 Å². The van der Waals surface area contributed by atoms with Crippen molar-refractivity contribution in [1.29, 1.82) is 0 Å². The second-order valence-electron chi connectivity index (χ2n) is 5.87. The second kappa shape index (κ2) is 5.43. The van der Waals surface area contributed by atoms with Crippen molar-refractivity contribution in [3.63, 3.8) is 0 Å². The van der Waals surface area contributed by atoms with Gasteiger partial charge in [0.15, 0.2) is 0 Å². The number of phenols is 2. The molecule has 3 rings (SSSR count). The fourth-order valence-electron chi connectivity index (χ4n) is 2.78. The van der Waals surface area contributed by atoms with Gasteiger partial charge in [-0.2, -0.15) is 0 Å². The van der Waals surface area contributed by atoms with Crippen molar-refractivity contribution in [3.8, 4) is 22.6 Å². The Labute approximate surface area is 133 Å². The number of nitrogens with zero attached hydrogens (tertiary/aromatic N) is 1. The van der Waals surface area contributed by atoms with Gasteiger partial charge in [0.1, 0.15) is 23.1 Å². The Kier molecular flexibility index (Phi) is 3.56. The first kappa shape index (κ1) is 15.1. The fraction of sp³-hybridized carbons (Fsp3) is 0.167. The normalized spacial score (nSPS) is 11.3. The van der Waals surface area contributed by atoms with Gasteiger partial charge in [0.05, 0.1) is 0 Å². The van der Waals surface area contributed by atoms with E-state index in [0.29, 0.717) is 33.3 Å². The molecule has 23 heavy (non-hydrogen) atoms. The van der Waals surface area contributed by atoms with Gasteiger partial charge >= 0.3 is 0 Å². The molecule has 4 nitrogen and oxygen atoms in total. The van der Waals surface area contributed by atoms with Gasteiger partial charge in [-0.25, -0.2) is 9.37 Å². The third-order valence-corrected chi connectivity index (χ3v) is 3.85. The molecule has 0 spiro atoms. The Morgan fingerprint density at radius 1 is 1.00 bits per heavy atom. The topological polar surface area (TPSA) is 79.4 Å². The summed E-state index contributed by atoms with van der Waals surface area (Å²) in [5.41, 5.74) is 7.20. The van der Waals surface area contributed by atoms with Crippen molar-refractivity contribution in [2.24, 2.45) is 0 Å². The highest BCUT2D eigenvalue weighted by atomic mass is 19.1. The molecular weight excluding hydrogens is 295 g/mol. The van der Waals surface area contributed by atoms with Gasteiger partial charge in [0.25, 0.3) is 0 Å². The van der Waals surface area contributed by atoms with Crippen molar-refractivity contribution in [3.05, 3.63) is 47.9 Å². The number of benzene rings is 2. The number of hydrogen-bond donors (Lipinski definition) is 3. The van der Waals surface area contributed by atoms with Crippen molar-refractivity contribution in [2.75, 3.05) is 5.73 Å². The molecule has 0 fully saturated rings. The van der Waals surface area contributed by atoms with Gasteiger partial charge in [-0.3, -0.25) is 0 Å². The van der Waals surface area contributed by atoms with E-state index in [4.69, 9.17) is 5.73 Å². The van der Waals surface area contributed by atoms with Crippen LogP contribution in [0.5, 0.6) is 11.5 Å². The molecule has 118 valence electrons. The molecule has 0 aliphatic heterocycles. The molecule has 0 bridgehead atoms.